The van der Waals surface area contributed by atoms with Crippen molar-refractivity contribution in [3.05, 3.63) is 30.3 Å². The molecule has 3 rings (SSSR count). The van der Waals surface area contributed by atoms with Gasteiger partial charge in [-0.25, -0.2) is 4.79 Å². The quantitative estimate of drug-likeness (QED) is 0.932. The summed E-state index contributed by atoms with van der Waals surface area (Å²) in [5.74, 6) is 0.0761. The molecule has 0 unspecified atom stereocenters. The van der Waals surface area contributed by atoms with Crippen LogP contribution in [0.5, 0.6) is 0 Å². The molecule has 0 aromatic heterocycles. The van der Waals surface area contributed by atoms with Crippen LogP contribution in [0.1, 0.15) is 39.0 Å². The minimum atomic E-state index is -0.102. The Hall–Kier alpha value is -2.04. The monoisotopic (exact) mass is 315 g/mol. The lowest BCUT2D eigenvalue weighted by Crippen LogP contribution is -2.51. The van der Waals surface area contributed by atoms with Crippen LogP contribution in [0.3, 0.4) is 0 Å². The molecule has 2 aliphatic heterocycles. The Morgan fingerprint density at radius 1 is 1.26 bits per heavy atom. The van der Waals surface area contributed by atoms with E-state index < -0.39 is 0 Å². The number of nitrogens with zero attached hydrogens (tertiary/aromatic N) is 2. The van der Waals surface area contributed by atoms with Gasteiger partial charge in [-0.3, -0.25) is 4.79 Å². The Balaban J connectivity index is 1.60. The van der Waals surface area contributed by atoms with Gasteiger partial charge >= 0.3 is 6.03 Å². The summed E-state index contributed by atoms with van der Waals surface area (Å²) in [6.07, 6.45) is 4.73. The molecule has 5 heteroatoms. The van der Waals surface area contributed by atoms with Crippen molar-refractivity contribution in [2.75, 3.05) is 18.0 Å². The molecule has 0 aliphatic carbocycles. The minimum absolute atomic E-state index is 0.00994. The summed E-state index contributed by atoms with van der Waals surface area (Å²) >= 11 is 0. The Labute approximate surface area is 137 Å². The third kappa shape index (κ3) is 3.49. The van der Waals surface area contributed by atoms with E-state index in [0.29, 0.717) is 19.0 Å². The molecule has 2 fully saturated rings. The van der Waals surface area contributed by atoms with Crippen LogP contribution in [0.2, 0.25) is 0 Å². The molecule has 23 heavy (non-hydrogen) atoms. The van der Waals surface area contributed by atoms with Crippen molar-refractivity contribution in [3.63, 3.8) is 0 Å². The number of anilines is 1. The molecule has 0 spiro atoms. The summed E-state index contributed by atoms with van der Waals surface area (Å²) in [6, 6.07) is 9.87. The summed E-state index contributed by atoms with van der Waals surface area (Å²) < 4.78 is 0. The lowest BCUT2D eigenvalue weighted by molar-refractivity contribution is -0.117. The zero-order chi connectivity index (χ0) is 16.2. The minimum Gasteiger partial charge on any atom is -0.333 e. The fourth-order valence-corrected chi connectivity index (χ4v) is 3.61. The van der Waals surface area contributed by atoms with Crippen molar-refractivity contribution < 1.29 is 9.59 Å². The number of nitrogens with one attached hydrogen (secondary N) is 1. The van der Waals surface area contributed by atoms with Crippen molar-refractivity contribution in [1.82, 2.24) is 10.2 Å². The molecular formula is C18H25N3O2. The topological polar surface area (TPSA) is 52.7 Å². The number of hydrogen-bond acceptors (Lipinski definition) is 2. The molecule has 124 valence electrons. The number of amides is 3. The Morgan fingerprint density at radius 3 is 2.78 bits per heavy atom. The highest BCUT2D eigenvalue weighted by molar-refractivity contribution is 5.96. The van der Waals surface area contributed by atoms with Gasteiger partial charge < -0.3 is 15.1 Å². The van der Waals surface area contributed by atoms with Gasteiger partial charge in [0.15, 0.2) is 0 Å². The molecule has 0 radical (unpaired) electrons. The van der Waals surface area contributed by atoms with E-state index in [9.17, 15) is 9.59 Å². The summed E-state index contributed by atoms with van der Waals surface area (Å²) in [5.41, 5.74) is 0.902. The second-order valence-corrected chi connectivity index (χ2v) is 6.44. The number of urea groups is 1. The largest absolute Gasteiger partial charge is 0.333 e. The second-order valence-electron chi connectivity index (χ2n) is 6.44. The number of benzene rings is 1. The smallest absolute Gasteiger partial charge is 0.317 e. The third-order valence-electron chi connectivity index (χ3n) is 4.88. The average molecular weight is 315 g/mol. The Morgan fingerprint density at radius 2 is 2.04 bits per heavy atom. The van der Waals surface area contributed by atoms with Gasteiger partial charge in [-0.15, -0.1) is 0 Å². The van der Waals surface area contributed by atoms with Crippen molar-refractivity contribution in [2.24, 2.45) is 0 Å². The Bertz CT molecular complexity index is 561. The highest BCUT2D eigenvalue weighted by atomic mass is 16.2. The van der Waals surface area contributed by atoms with Crippen molar-refractivity contribution in [3.8, 4) is 0 Å². The number of rotatable bonds is 3. The number of para-hydroxylation sites is 1. The number of hydrogen-bond donors (Lipinski definition) is 1. The van der Waals surface area contributed by atoms with Crippen LogP contribution in [0, 0.1) is 0 Å². The first-order valence-corrected chi connectivity index (χ1v) is 8.61. The maximum atomic E-state index is 12.6. The van der Waals surface area contributed by atoms with E-state index in [1.54, 1.807) is 4.90 Å². The number of piperidine rings is 1. The lowest BCUT2D eigenvalue weighted by Gasteiger charge is -2.35. The van der Waals surface area contributed by atoms with Crippen molar-refractivity contribution in [1.29, 1.82) is 0 Å². The molecule has 5 nitrogen and oxygen atoms in total. The first kappa shape index (κ1) is 15.8. The van der Waals surface area contributed by atoms with Crippen LogP contribution >= 0.6 is 0 Å². The number of carbonyl (C=O) groups is 2. The van der Waals surface area contributed by atoms with Crippen LogP contribution in [0.4, 0.5) is 10.5 Å². The highest BCUT2D eigenvalue weighted by Crippen LogP contribution is 2.23. The molecule has 2 aliphatic rings. The van der Waals surface area contributed by atoms with Gasteiger partial charge in [-0.05, 0) is 37.8 Å². The molecule has 0 bridgehead atoms. The normalized spacial score (nSPS) is 24.8. The first-order chi connectivity index (χ1) is 11.2. The molecule has 2 heterocycles. The van der Waals surface area contributed by atoms with Crippen LogP contribution in [0.15, 0.2) is 30.3 Å². The zero-order valence-electron chi connectivity index (χ0n) is 13.7. The summed E-state index contributed by atoms with van der Waals surface area (Å²) in [7, 11) is 0. The summed E-state index contributed by atoms with van der Waals surface area (Å²) in [4.78, 5) is 28.5. The molecule has 1 N–H and O–H groups in total. The van der Waals surface area contributed by atoms with Crippen LogP contribution < -0.4 is 10.2 Å². The van der Waals surface area contributed by atoms with Gasteiger partial charge in [0, 0.05) is 31.2 Å². The van der Waals surface area contributed by atoms with Gasteiger partial charge in [-0.1, -0.05) is 25.1 Å². The highest BCUT2D eigenvalue weighted by Gasteiger charge is 2.33. The molecule has 0 saturated carbocycles. The van der Waals surface area contributed by atoms with Crippen molar-refractivity contribution in [2.45, 2.75) is 51.1 Å². The van der Waals surface area contributed by atoms with Gasteiger partial charge in [0.25, 0.3) is 0 Å². The fraction of sp³-hybridized carbons (Fsp3) is 0.556. The zero-order valence-corrected chi connectivity index (χ0v) is 13.7. The fourth-order valence-electron chi connectivity index (χ4n) is 3.61. The second kappa shape index (κ2) is 7.02. The van der Waals surface area contributed by atoms with E-state index in [1.165, 1.54) is 6.42 Å². The van der Waals surface area contributed by atoms with E-state index in [2.05, 4.69) is 12.2 Å². The predicted octanol–water partition coefficient (Wildman–Crippen LogP) is 2.77. The average Bonchev–Trinajstić information content (AvgIpc) is 2.95. The van der Waals surface area contributed by atoms with Crippen LogP contribution in [-0.2, 0) is 4.79 Å². The third-order valence-corrected chi connectivity index (χ3v) is 4.88. The molecule has 2 atom stereocenters. The molecule has 2 saturated heterocycles. The van der Waals surface area contributed by atoms with E-state index >= 15 is 0 Å². The van der Waals surface area contributed by atoms with Gasteiger partial charge in [0.2, 0.25) is 5.91 Å². The van der Waals surface area contributed by atoms with E-state index in [4.69, 9.17) is 0 Å². The van der Waals surface area contributed by atoms with E-state index in [-0.39, 0.29) is 18.0 Å². The first-order valence-electron chi connectivity index (χ1n) is 8.61. The molecular weight excluding hydrogens is 290 g/mol. The number of likely N-dealkylation sites (tertiary alicyclic amines) is 1. The van der Waals surface area contributed by atoms with E-state index in [1.807, 2.05) is 35.2 Å². The van der Waals surface area contributed by atoms with Gasteiger partial charge in [0.1, 0.15) is 0 Å². The predicted molar refractivity (Wildman–Crippen MR) is 90.4 cm³/mol. The van der Waals surface area contributed by atoms with Gasteiger partial charge in [0.05, 0.1) is 6.04 Å². The Kier molecular flexibility index (Phi) is 4.84. The van der Waals surface area contributed by atoms with E-state index in [0.717, 1.165) is 31.5 Å². The van der Waals surface area contributed by atoms with Gasteiger partial charge in [-0.2, -0.15) is 0 Å². The maximum absolute atomic E-state index is 12.6. The molecule has 1 aromatic carbocycles. The summed E-state index contributed by atoms with van der Waals surface area (Å²) in [5, 5.41) is 3.07. The van der Waals surface area contributed by atoms with Crippen molar-refractivity contribution >= 4 is 17.6 Å². The maximum Gasteiger partial charge on any atom is 0.317 e. The molecule has 3 amide bonds. The SMILES string of the molecule is CC[C@@H]1CCCCN1C(=O)N[C@@H]1CC(=O)N(c2ccccc2)C1. The van der Waals surface area contributed by atoms with Crippen LogP contribution in [0.25, 0.3) is 0 Å². The molecule has 1 aromatic rings. The van der Waals surface area contributed by atoms with Crippen LogP contribution in [-0.4, -0.2) is 42.0 Å². The lowest BCUT2D eigenvalue weighted by atomic mass is 10.0. The standard InChI is InChI=1S/C18H25N3O2/c1-2-15-8-6-7-11-20(15)18(23)19-14-12-17(22)21(13-14)16-9-4-3-5-10-16/h3-5,9-10,14-15H,2,6-8,11-13H2,1H3,(H,19,23)/t14-,15-/m1/s1. The summed E-state index contributed by atoms with van der Waals surface area (Å²) in [6.45, 7) is 3.51. The number of carbonyl (C=O) groups excluding carboxylic acids is 2.